The summed E-state index contributed by atoms with van der Waals surface area (Å²) in [5.41, 5.74) is 1.44. The van der Waals surface area contributed by atoms with Gasteiger partial charge in [-0.2, -0.15) is 4.98 Å². The van der Waals surface area contributed by atoms with Crippen molar-refractivity contribution in [2.24, 2.45) is 0 Å². The fraction of sp³-hybridized carbons (Fsp3) is 0.438. The third-order valence-electron chi connectivity index (χ3n) is 3.68. The van der Waals surface area contributed by atoms with Crippen molar-refractivity contribution in [3.8, 4) is 0 Å². The summed E-state index contributed by atoms with van der Waals surface area (Å²) in [6, 6.07) is 0. The zero-order chi connectivity index (χ0) is 18.7. The van der Waals surface area contributed by atoms with Crippen LogP contribution < -0.4 is 20.7 Å². The number of aryl methyl sites for hydroxylation is 1. The first kappa shape index (κ1) is 18.4. The van der Waals surface area contributed by atoms with E-state index in [1.807, 2.05) is 28.2 Å². The van der Waals surface area contributed by atoms with Crippen LogP contribution in [0.5, 0.6) is 0 Å². The predicted octanol–water partition coefficient (Wildman–Crippen LogP) is 0.421. The van der Waals surface area contributed by atoms with Crippen LogP contribution in [0.3, 0.4) is 0 Å². The molecule has 1 N–H and O–H groups in total. The number of rotatable bonds is 5. The highest BCUT2D eigenvalue weighted by Gasteiger charge is 2.14. The molecular weight excluding hydrogens is 322 g/mol. The van der Waals surface area contributed by atoms with Crippen molar-refractivity contribution in [2.75, 3.05) is 43.3 Å². The molecule has 0 fully saturated rings. The standard InChI is InChI=1S/C16H23N7O2/c1-10-11(2)18-9-23(15(10)25)8-13(24)19-12-7-17-16(22(5)6)20-14(12)21(3)4/h7,9H,8H2,1-6H3,(H,19,24). The lowest BCUT2D eigenvalue weighted by Crippen LogP contribution is -2.30. The number of carbonyl (C=O) groups excluding carboxylic acids is 1. The number of carbonyl (C=O) groups is 1. The lowest BCUT2D eigenvalue weighted by Gasteiger charge is -2.19. The summed E-state index contributed by atoms with van der Waals surface area (Å²) in [7, 11) is 7.34. The van der Waals surface area contributed by atoms with Gasteiger partial charge in [-0.1, -0.05) is 0 Å². The molecular formula is C16H23N7O2. The largest absolute Gasteiger partial charge is 0.361 e. The molecule has 0 aliphatic carbocycles. The van der Waals surface area contributed by atoms with E-state index in [-0.39, 0.29) is 18.0 Å². The Bertz CT molecular complexity index is 843. The minimum absolute atomic E-state index is 0.130. The fourth-order valence-electron chi connectivity index (χ4n) is 2.14. The molecule has 0 aliphatic heterocycles. The Balaban J connectivity index is 2.23. The van der Waals surface area contributed by atoms with Crippen molar-refractivity contribution < 1.29 is 4.79 Å². The first-order valence-electron chi connectivity index (χ1n) is 7.75. The molecule has 1 amide bonds. The van der Waals surface area contributed by atoms with E-state index in [1.165, 1.54) is 10.9 Å². The highest BCUT2D eigenvalue weighted by Crippen LogP contribution is 2.22. The molecule has 0 aromatic carbocycles. The Labute approximate surface area is 146 Å². The van der Waals surface area contributed by atoms with Crippen molar-refractivity contribution >= 4 is 23.4 Å². The monoisotopic (exact) mass is 345 g/mol. The second-order valence-electron chi connectivity index (χ2n) is 6.13. The molecule has 9 nitrogen and oxygen atoms in total. The van der Waals surface area contributed by atoms with E-state index in [0.29, 0.717) is 28.7 Å². The summed E-state index contributed by atoms with van der Waals surface area (Å²) in [6.07, 6.45) is 2.93. The fourth-order valence-corrected chi connectivity index (χ4v) is 2.14. The van der Waals surface area contributed by atoms with Gasteiger partial charge in [0.2, 0.25) is 11.9 Å². The molecule has 9 heteroatoms. The molecule has 0 spiro atoms. The van der Waals surface area contributed by atoms with Crippen LogP contribution in [-0.2, 0) is 11.3 Å². The summed E-state index contributed by atoms with van der Waals surface area (Å²) in [5, 5.41) is 2.76. The van der Waals surface area contributed by atoms with Crippen LogP contribution in [-0.4, -0.2) is 53.6 Å². The normalized spacial score (nSPS) is 10.5. The highest BCUT2D eigenvalue weighted by molar-refractivity contribution is 5.93. The second-order valence-corrected chi connectivity index (χ2v) is 6.13. The van der Waals surface area contributed by atoms with Gasteiger partial charge in [-0.25, -0.2) is 9.97 Å². The summed E-state index contributed by atoms with van der Waals surface area (Å²) in [6.45, 7) is 3.32. The molecule has 2 aromatic rings. The average molecular weight is 345 g/mol. The van der Waals surface area contributed by atoms with Gasteiger partial charge in [-0.3, -0.25) is 14.2 Å². The van der Waals surface area contributed by atoms with Gasteiger partial charge in [-0.05, 0) is 13.8 Å². The average Bonchev–Trinajstić information content (AvgIpc) is 2.55. The van der Waals surface area contributed by atoms with E-state index < -0.39 is 0 Å². The number of amides is 1. The number of nitrogens with zero attached hydrogens (tertiary/aromatic N) is 6. The van der Waals surface area contributed by atoms with Gasteiger partial charge >= 0.3 is 0 Å². The maximum Gasteiger partial charge on any atom is 0.256 e. The molecule has 0 radical (unpaired) electrons. The lowest BCUT2D eigenvalue weighted by molar-refractivity contribution is -0.116. The second kappa shape index (κ2) is 7.29. The molecule has 2 rings (SSSR count). The van der Waals surface area contributed by atoms with Crippen molar-refractivity contribution in [2.45, 2.75) is 20.4 Å². The molecule has 134 valence electrons. The highest BCUT2D eigenvalue weighted by atomic mass is 16.2. The Morgan fingerprint density at radius 3 is 2.44 bits per heavy atom. The Morgan fingerprint density at radius 2 is 1.84 bits per heavy atom. The quantitative estimate of drug-likeness (QED) is 0.839. The third-order valence-corrected chi connectivity index (χ3v) is 3.68. The Morgan fingerprint density at radius 1 is 1.16 bits per heavy atom. The predicted molar refractivity (Wildman–Crippen MR) is 97.3 cm³/mol. The van der Waals surface area contributed by atoms with Crippen LogP contribution in [0.2, 0.25) is 0 Å². The van der Waals surface area contributed by atoms with E-state index in [2.05, 4.69) is 20.3 Å². The van der Waals surface area contributed by atoms with E-state index >= 15 is 0 Å². The van der Waals surface area contributed by atoms with Crippen molar-refractivity contribution in [3.05, 3.63) is 34.1 Å². The summed E-state index contributed by atoms with van der Waals surface area (Å²) in [5.74, 6) is 0.769. The van der Waals surface area contributed by atoms with Gasteiger partial charge in [0.25, 0.3) is 5.56 Å². The number of hydrogen-bond acceptors (Lipinski definition) is 7. The molecule has 2 aromatic heterocycles. The number of nitrogens with one attached hydrogen (secondary N) is 1. The van der Waals surface area contributed by atoms with Crippen LogP contribution in [0.15, 0.2) is 17.3 Å². The van der Waals surface area contributed by atoms with E-state index in [9.17, 15) is 9.59 Å². The van der Waals surface area contributed by atoms with Gasteiger partial charge in [0.15, 0.2) is 5.82 Å². The van der Waals surface area contributed by atoms with Crippen molar-refractivity contribution in [1.82, 2.24) is 19.5 Å². The van der Waals surface area contributed by atoms with Crippen LogP contribution in [0.25, 0.3) is 0 Å². The summed E-state index contributed by atoms with van der Waals surface area (Å²) >= 11 is 0. The number of hydrogen-bond donors (Lipinski definition) is 1. The molecule has 0 unspecified atom stereocenters. The van der Waals surface area contributed by atoms with Crippen molar-refractivity contribution in [3.63, 3.8) is 0 Å². The van der Waals surface area contributed by atoms with Crippen LogP contribution in [0.4, 0.5) is 17.5 Å². The minimum Gasteiger partial charge on any atom is -0.361 e. The smallest absolute Gasteiger partial charge is 0.256 e. The van der Waals surface area contributed by atoms with Crippen LogP contribution >= 0.6 is 0 Å². The van der Waals surface area contributed by atoms with Gasteiger partial charge < -0.3 is 15.1 Å². The van der Waals surface area contributed by atoms with Crippen LogP contribution in [0, 0.1) is 13.8 Å². The molecule has 25 heavy (non-hydrogen) atoms. The Kier molecular flexibility index (Phi) is 5.35. The third kappa shape index (κ3) is 4.11. The topological polar surface area (TPSA) is 96.2 Å². The van der Waals surface area contributed by atoms with Gasteiger partial charge in [0.1, 0.15) is 12.2 Å². The zero-order valence-corrected chi connectivity index (χ0v) is 15.4. The summed E-state index contributed by atoms with van der Waals surface area (Å²) in [4.78, 5) is 40.8. The molecule has 0 bridgehead atoms. The summed E-state index contributed by atoms with van der Waals surface area (Å²) < 4.78 is 1.28. The van der Waals surface area contributed by atoms with E-state index in [4.69, 9.17) is 0 Å². The van der Waals surface area contributed by atoms with Gasteiger partial charge in [0.05, 0.1) is 12.5 Å². The maximum absolute atomic E-state index is 12.3. The molecule has 0 atom stereocenters. The maximum atomic E-state index is 12.3. The number of anilines is 3. The van der Waals surface area contributed by atoms with E-state index in [0.717, 1.165) is 0 Å². The van der Waals surface area contributed by atoms with Gasteiger partial charge in [0, 0.05) is 39.4 Å². The Hall–Kier alpha value is -2.97. The first-order valence-corrected chi connectivity index (χ1v) is 7.75. The molecule has 2 heterocycles. The zero-order valence-electron chi connectivity index (χ0n) is 15.4. The lowest BCUT2D eigenvalue weighted by atomic mass is 10.3. The van der Waals surface area contributed by atoms with Crippen LogP contribution in [0.1, 0.15) is 11.3 Å². The molecule has 0 aliphatic rings. The van der Waals surface area contributed by atoms with E-state index in [1.54, 1.807) is 29.8 Å². The SMILES string of the molecule is Cc1ncn(CC(=O)Nc2cnc(N(C)C)nc2N(C)C)c(=O)c1C. The molecule has 0 saturated carbocycles. The first-order chi connectivity index (χ1) is 11.7. The van der Waals surface area contributed by atoms with Crippen molar-refractivity contribution in [1.29, 1.82) is 0 Å². The minimum atomic E-state index is -0.351. The number of aromatic nitrogens is 4. The van der Waals surface area contributed by atoms with Gasteiger partial charge in [-0.15, -0.1) is 0 Å². The molecule has 0 saturated heterocycles.